The van der Waals surface area contributed by atoms with E-state index in [1.54, 1.807) is 14.0 Å². The Balaban J connectivity index is 1.76. The van der Waals surface area contributed by atoms with Crippen molar-refractivity contribution in [3.8, 4) is 17.0 Å². The molecule has 1 amide bonds. The van der Waals surface area contributed by atoms with Crippen LogP contribution in [0.4, 0.5) is 0 Å². The lowest BCUT2D eigenvalue weighted by Gasteiger charge is -2.30. The molecule has 0 aliphatic carbocycles. The predicted octanol–water partition coefficient (Wildman–Crippen LogP) is 2.88. The molecule has 2 aromatic rings. The second kappa shape index (κ2) is 6.77. The molecule has 0 saturated carbocycles. The normalized spacial score (nSPS) is 15.5. The molecular formula is C18H21N3O2. The molecule has 1 aliphatic rings. The van der Waals surface area contributed by atoms with E-state index < -0.39 is 0 Å². The van der Waals surface area contributed by atoms with Crippen molar-refractivity contribution in [3.05, 3.63) is 42.4 Å². The molecule has 5 heteroatoms. The van der Waals surface area contributed by atoms with Gasteiger partial charge in [0.05, 0.1) is 12.8 Å². The topological polar surface area (TPSA) is 55.3 Å². The van der Waals surface area contributed by atoms with E-state index in [2.05, 4.69) is 4.98 Å². The summed E-state index contributed by atoms with van der Waals surface area (Å²) in [6.07, 6.45) is 3.66. The van der Waals surface area contributed by atoms with Gasteiger partial charge >= 0.3 is 0 Å². The first-order chi connectivity index (χ1) is 11.2. The summed E-state index contributed by atoms with van der Waals surface area (Å²) in [6, 6.07) is 9.80. The molecule has 0 N–H and O–H groups in total. The van der Waals surface area contributed by atoms with E-state index in [-0.39, 0.29) is 5.91 Å². The van der Waals surface area contributed by atoms with Gasteiger partial charge in [0.2, 0.25) is 5.91 Å². The summed E-state index contributed by atoms with van der Waals surface area (Å²) < 4.78 is 5.19. The van der Waals surface area contributed by atoms with Gasteiger partial charge in [-0.1, -0.05) is 0 Å². The average Bonchev–Trinajstić information content (AvgIpc) is 2.62. The summed E-state index contributed by atoms with van der Waals surface area (Å²) >= 11 is 0. The molecule has 1 saturated heterocycles. The Morgan fingerprint density at radius 2 is 1.87 bits per heavy atom. The van der Waals surface area contributed by atoms with E-state index in [4.69, 9.17) is 9.72 Å². The minimum atomic E-state index is 0.149. The van der Waals surface area contributed by atoms with Crippen LogP contribution in [-0.2, 0) is 4.79 Å². The Hall–Kier alpha value is -2.43. The molecule has 0 unspecified atom stereocenters. The summed E-state index contributed by atoms with van der Waals surface area (Å²) in [4.78, 5) is 22.5. The average molecular weight is 311 g/mol. The van der Waals surface area contributed by atoms with Crippen molar-refractivity contribution >= 4 is 5.91 Å². The number of benzene rings is 1. The molecule has 23 heavy (non-hydrogen) atoms. The lowest BCUT2D eigenvalue weighted by Crippen LogP contribution is -2.36. The molecule has 1 fully saturated rings. The fourth-order valence-electron chi connectivity index (χ4n) is 2.95. The third-order valence-electron chi connectivity index (χ3n) is 4.37. The van der Waals surface area contributed by atoms with Crippen LogP contribution < -0.4 is 4.74 Å². The van der Waals surface area contributed by atoms with Crippen LogP contribution in [0.15, 0.2) is 36.5 Å². The van der Waals surface area contributed by atoms with Crippen LogP contribution in [0.1, 0.15) is 31.5 Å². The monoisotopic (exact) mass is 311 g/mol. The first-order valence-electron chi connectivity index (χ1n) is 7.90. The zero-order chi connectivity index (χ0) is 16.2. The second-order valence-electron chi connectivity index (χ2n) is 5.81. The maximum absolute atomic E-state index is 11.4. The lowest BCUT2D eigenvalue weighted by molar-refractivity contribution is -0.129. The van der Waals surface area contributed by atoms with Crippen LogP contribution in [0.3, 0.4) is 0 Å². The first-order valence-corrected chi connectivity index (χ1v) is 7.90. The zero-order valence-electron chi connectivity index (χ0n) is 13.5. The molecule has 1 aromatic heterocycles. The summed E-state index contributed by atoms with van der Waals surface area (Å²) in [5.74, 6) is 2.18. The van der Waals surface area contributed by atoms with Crippen LogP contribution in [0.5, 0.6) is 5.75 Å². The lowest BCUT2D eigenvalue weighted by atomic mass is 9.95. The molecular weight excluding hydrogens is 290 g/mol. The van der Waals surface area contributed by atoms with Crippen LogP contribution in [0.25, 0.3) is 11.3 Å². The predicted molar refractivity (Wildman–Crippen MR) is 88.2 cm³/mol. The maximum Gasteiger partial charge on any atom is 0.219 e. The summed E-state index contributed by atoms with van der Waals surface area (Å²) in [6.45, 7) is 3.20. The van der Waals surface area contributed by atoms with Crippen molar-refractivity contribution in [1.29, 1.82) is 0 Å². The summed E-state index contributed by atoms with van der Waals surface area (Å²) in [5.41, 5.74) is 1.97. The van der Waals surface area contributed by atoms with Crippen LogP contribution in [0, 0.1) is 0 Å². The third kappa shape index (κ3) is 3.50. The number of hydrogen-bond donors (Lipinski definition) is 0. The molecule has 120 valence electrons. The van der Waals surface area contributed by atoms with Gasteiger partial charge in [-0.05, 0) is 43.2 Å². The first kappa shape index (κ1) is 15.5. The number of carbonyl (C=O) groups is 1. The van der Waals surface area contributed by atoms with Gasteiger partial charge < -0.3 is 9.64 Å². The Bertz CT molecular complexity index is 677. The Kier molecular flexibility index (Phi) is 4.55. The highest BCUT2D eigenvalue weighted by atomic mass is 16.5. The summed E-state index contributed by atoms with van der Waals surface area (Å²) in [5, 5.41) is 0. The number of hydrogen-bond acceptors (Lipinski definition) is 4. The number of piperidine rings is 1. The largest absolute Gasteiger partial charge is 0.497 e. The van der Waals surface area contributed by atoms with Crippen molar-refractivity contribution < 1.29 is 9.53 Å². The van der Waals surface area contributed by atoms with Crippen molar-refractivity contribution in [2.75, 3.05) is 20.2 Å². The highest BCUT2D eigenvalue weighted by Gasteiger charge is 2.24. The molecule has 1 aromatic carbocycles. The van der Waals surface area contributed by atoms with Crippen molar-refractivity contribution in [2.24, 2.45) is 0 Å². The number of methoxy groups -OCH3 is 1. The van der Waals surface area contributed by atoms with Gasteiger partial charge in [-0.15, -0.1) is 0 Å². The molecule has 2 heterocycles. The highest BCUT2D eigenvalue weighted by molar-refractivity contribution is 5.73. The number of carbonyl (C=O) groups excluding carboxylic acids is 1. The van der Waals surface area contributed by atoms with Gasteiger partial charge in [-0.2, -0.15) is 0 Å². The fourth-order valence-corrected chi connectivity index (χ4v) is 2.95. The van der Waals surface area contributed by atoms with Crippen LogP contribution in [0.2, 0.25) is 0 Å². The van der Waals surface area contributed by atoms with Gasteiger partial charge in [-0.25, -0.2) is 9.97 Å². The quantitative estimate of drug-likeness (QED) is 0.874. The number of aromatic nitrogens is 2. The SMILES string of the molecule is COc1ccc(-c2ccnc(C3CCN(C(C)=O)CC3)n2)cc1. The van der Waals surface area contributed by atoms with Gasteiger partial charge in [-0.3, -0.25) is 4.79 Å². The molecule has 0 bridgehead atoms. The molecule has 0 atom stereocenters. The molecule has 5 nitrogen and oxygen atoms in total. The van der Waals surface area contributed by atoms with Crippen molar-refractivity contribution in [2.45, 2.75) is 25.7 Å². The zero-order valence-corrected chi connectivity index (χ0v) is 13.5. The number of nitrogens with zero attached hydrogens (tertiary/aromatic N) is 3. The molecule has 1 aliphatic heterocycles. The van der Waals surface area contributed by atoms with E-state index in [0.29, 0.717) is 5.92 Å². The standard InChI is InChI=1S/C18H21N3O2/c1-13(22)21-11-8-15(9-12-21)18-19-10-7-17(20-18)14-3-5-16(23-2)6-4-14/h3-7,10,15H,8-9,11-12H2,1-2H3. The Labute approximate surface area is 136 Å². The van der Waals surface area contributed by atoms with Crippen LogP contribution >= 0.6 is 0 Å². The fraction of sp³-hybridized carbons (Fsp3) is 0.389. The van der Waals surface area contributed by atoms with Crippen LogP contribution in [-0.4, -0.2) is 41.0 Å². The van der Waals surface area contributed by atoms with Gasteiger partial charge in [0.25, 0.3) is 0 Å². The third-order valence-corrected chi connectivity index (χ3v) is 4.37. The molecule has 0 radical (unpaired) electrons. The smallest absolute Gasteiger partial charge is 0.219 e. The van der Waals surface area contributed by atoms with E-state index in [1.807, 2.05) is 41.4 Å². The molecule has 3 rings (SSSR count). The number of ether oxygens (including phenoxy) is 1. The van der Waals surface area contributed by atoms with E-state index >= 15 is 0 Å². The minimum Gasteiger partial charge on any atom is -0.497 e. The Morgan fingerprint density at radius 3 is 2.48 bits per heavy atom. The molecule has 0 spiro atoms. The van der Waals surface area contributed by atoms with E-state index in [1.165, 1.54) is 0 Å². The van der Waals surface area contributed by atoms with Crippen molar-refractivity contribution in [3.63, 3.8) is 0 Å². The maximum atomic E-state index is 11.4. The number of rotatable bonds is 3. The van der Waals surface area contributed by atoms with Gasteiger partial charge in [0.1, 0.15) is 11.6 Å². The second-order valence-corrected chi connectivity index (χ2v) is 5.81. The van der Waals surface area contributed by atoms with E-state index in [9.17, 15) is 4.79 Å². The van der Waals surface area contributed by atoms with Gasteiger partial charge in [0.15, 0.2) is 0 Å². The highest BCUT2D eigenvalue weighted by Crippen LogP contribution is 2.27. The van der Waals surface area contributed by atoms with Crippen molar-refractivity contribution in [1.82, 2.24) is 14.9 Å². The number of likely N-dealkylation sites (tertiary alicyclic amines) is 1. The number of amides is 1. The summed E-state index contributed by atoms with van der Waals surface area (Å²) in [7, 11) is 1.66. The Morgan fingerprint density at radius 1 is 1.17 bits per heavy atom. The van der Waals surface area contributed by atoms with E-state index in [0.717, 1.165) is 48.8 Å². The minimum absolute atomic E-state index is 0.149. The van der Waals surface area contributed by atoms with Gasteiger partial charge in [0, 0.05) is 37.7 Å².